The second kappa shape index (κ2) is 8.11. The maximum Gasteiger partial charge on any atom is 0.271 e. The van der Waals surface area contributed by atoms with E-state index in [0.717, 1.165) is 27.6 Å². The molecule has 0 spiro atoms. The van der Waals surface area contributed by atoms with Crippen LogP contribution in [0.1, 0.15) is 43.9 Å². The summed E-state index contributed by atoms with van der Waals surface area (Å²) in [5.74, 6) is 0.0521. The van der Waals surface area contributed by atoms with Gasteiger partial charge in [0.25, 0.3) is 5.56 Å². The zero-order valence-electron chi connectivity index (χ0n) is 19.3. The molecule has 0 saturated carbocycles. The summed E-state index contributed by atoms with van der Waals surface area (Å²) in [5, 5.41) is 2.71. The molecule has 0 saturated heterocycles. The fourth-order valence-corrected chi connectivity index (χ4v) is 6.20. The number of rotatable bonds is 2. The van der Waals surface area contributed by atoms with Gasteiger partial charge in [0.1, 0.15) is 0 Å². The smallest absolute Gasteiger partial charge is 0.271 e. The van der Waals surface area contributed by atoms with Gasteiger partial charge < -0.3 is 0 Å². The molecule has 4 aromatic rings. The number of carbonyl (C=O) groups excluding carboxylic acids is 1. The number of hydrogen-bond acceptors (Lipinski definition) is 5. The van der Waals surface area contributed by atoms with Crippen molar-refractivity contribution < 1.29 is 4.79 Å². The van der Waals surface area contributed by atoms with Crippen LogP contribution in [0, 0.1) is 5.41 Å². The molecule has 2 aliphatic rings. The van der Waals surface area contributed by atoms with Crippen LogP contribution in [-0.2, 0) is 4.79 Å². The topological polar surface area (TPSA) is 64.3 Å². The van der Waals surface area contributed by atoms with Crippen LogP contribution in [-0.4, -0.2) is 15.3 Å². The quantitative estimate of drug-likeness (QED) is 0.397. The Morgan fingerprint density at radius 2 is 1.86 bits per heavy atom. The molecule has 1 aliphatic heterocycles. The zero-order valence-corrected chi connectivity index (χ0v) is 20.9. The number of Topliss-reactive ketones (excluding diaryl/α,β-unsaturated/α-hetero) is 1. The Kier molecular flexibility index (Phi) is 5.13. The van der Waals surface area contributed by atoms with Crippen molar-refractivity contribution in [3.63, 3.8) is 0 Å². The van der Waals surface area contributed by atoms with Crippen LogP contribution >= 0.6 is 22.9 Å². The minimum Gasteiger partial charge on any atom is -0.294 e. The van der Waals surface area contributed by atoms with Crippen LogP contribution in [0.5, 0.6) is 0 Å². The maximum absolute atomic E-state index is 13.8. The number of carbonyl (C=O) groups is 1. The van der Waals surface area contributed by atoms with Gasteiger partial charge in [0, 0.05) is 34.8 Å². The second-order valence-corrected chi connectivity index (χ2v) is 11.4. The number of benzene rings is 2. The van der Waals surface area contributed by atoms with Crippen molar-refractivity contribution in [2.75, 3.05) is 0 Å². The van der Waals surface area contributed by atoms with E-state index in [0.29, 0.717) is 32.8 Å². The Labute approximate surface area is 210 Å². The molecule has 2 aromatic carbocycles. The molecule has 1 unspecified atom stereocenters. The molecule has 1 atom stereocenters. The second-order valence-electron chi connectivity index (χ2n) is 9.92. The SMILES string of the molecule is CC1(C)CC(=O)C2=C(C1)N=c1sc(=Cc3ccc4ccncc4c3)c(=O)n1C2c1ccc(Cl)cc1. The molecule has 6 rings (SSSR count). The first-order valence-electron chi connectivity index (χ1n) is 11.5. The molecule has 2 aromatic heterocycles. The van der Waals surface area contributed by atoms with Crippen LogP contribution < -0.4 is 14.9 Å². The van der Waals surface area contributed by atoms with Gasteiger partial charge in [-0.2, -0.15) is 0 Å². The van der Waals surface area contributed by atoms with Gasteiger partial charge in [-0.3, -0.25) is 19.1 Å². The Morgan fingerprint density at radius 1 is 1.06 bits per heavy atom. The summed E-state index contributed by atoms with van der Waals surface area (Å²) in [5.41, 5.74) is 2.87. The number of halogens is 1. The van der Waals surface area contributed by atoms with E-state index in [4.69, 9.17) is 16.6 Å². The highest BCUT2D eigenvalue weighted by Gasteiger charge is 2.40. The van der Waals surface area contributed by atoms with Gasteiger partial charge in [0.05, 0.1) is 16.3 Å². The summed E-state index contributed by atoms with van der Waals surface area (Å²) in [6.45, 7) is 4.18. The number of ketones is 1. The summed E-state index contributed by atoms with van der Waals surface area (Å²) in [6.07, 6.45) is 6.60. The Morgan fingerprint density at radius 3 is 2.66 bits per heavy atom. The Hall–Kier alpha value is -3.35. The molecule has 35 heavy (non-hydrogen) atoms. The molecule has 3 heterocycles. The first-order valence-corrected chi connectivity index (χ1v) is 12.7. The first-order chi connectivity index (χ1) is 16.8. The van der Waals surface area contributed by atoms with Crippen molar-refractivity contribution in [1.29, 1.82) is 0 Å². The molecule has 7 heteroatoms. The van der Waals surface area contributed by atoms with Crippen LogP contribution in [0.2, 0.25) is 5.02 Å². The summed E-state index contributed by atoms with van der Waals surface area (Å²) in [6, 6.07) is 14.9. The molecular formula is C28H22ClN3O2S. The Bertz CT molecular complexity index is 1730. The predicted octanol–water partition coefficient (Wildman–Crippen LogP) is 4.81. The van der Waals surface area contributed by atoms with E-state index in [1.165, 1.54) is 11.3 Å². The molecule has 0 bridgehead atoms. The number of fused-ring (bicyclic) bond motifs is 2. The first kappa shape index (κ1) is 22.1. The zero-order chi connectivity index (χ0) is 24.3. The fourth-order valence-electron chi connectivity index (χ4n) is 5.05. The van der Waals surface area contributed by atoms with Crippen LogP contribution in [0.3, 0.4) is 0 Å². The molecule has 0 radical (unpaired) electrons. The highest BCUT2D eigenvalue weighted by atomic mass is 35.5. The highest BCUT2D eigenvalue weighted by Crippen LogP contribution is 2.43. The van der Waals surface area contributed by atoms with Gasteiger partial charge in [-0.1, -0.05) is 61.1 Å². The van der Waals surface area contributed by atoms with Crippen LogP contribution in [0.25, 0.3) is 16.8 Å². The molecule has 0 amide bonds. The minimum absolute atomic E-state index is 0.0521. The third kappa shape index (κ3) is 3.87. The monoisotopic (exact) mass is 499 g/mol. The lowest BCUT2D eigenvalue weighted by atomic mass is 9.73. The summed E-state index contributed by atoms with van der Waals surface area (Å²) in [7, 11) is 0. The van der Waals surface area contributed by atoms with Crippen LogP contribution in [0.15, 0.2) is 82.0 Å². The van der Waals surface area contributed by atoms with E-state index in [-0.39, 0.29) is 16.8 Å². The van der Waals surface area contributed by atoms with Gasteiger partial charge >= 0.3 is 0 Å². The van der Waals surface area contributed by atoms with Crippen molar-refractivity contribution in [2.45, 2.75) is 32.7 Å². The lowest BCUT2D eigenvalue weighted by molar-refractivity contribution is -0.118. The van der Waals surface area contributed by atoms with Gasteiger partial charge in [0.2, 0.25) is 0 Å². The molecule has 0 N–H and O–H groups in total. The Balaban J connectivity index is 1.57. The fraction of sp³-hybridized carbons (Fsp3) is 0.214. The highest BCUT2D eigenvalue weighted by molar-refractivity contribution is 7.07. The molecule has 0 fully saturated rings. The van der Waals surface area contributed by atoms with E-state index >= 15 is 0 Å². The van der Waals surface area contributed by atoms with Crippen molar-refractivity contribution >= 4 is 45.6 Å². The van der Waals surface area contributed by atoms with Crippen LogP contribution in [0.4, 0.5) is 0 Å². The summed E-state index contributed by atoms with van der Waals surface area (Å²) < 4.78 is 2.26. The predicted molar refractivity (Wildman–Crippen MR) is 139 cm³/mol. The number of allylic oxidation sites excluding steroid dienone is 2. The third-order valence-corrected chi connectivity index (χ3v) is 7.88. The van der Waals surface area contributed by atoms with Gasteiger partial charge in [-0.25, -0.2) is 4.99 Å². The van der Waals surface area contributed by atoms with Crippen molar-refractivity contribution in [2.24, 2.45) is 10.4 Å². The standard InChI is InChI=1S/C28H22ClN3O2S/c1-28(2)13-21-24(22(33)14-28)25(18-5-7-20(29)8-6-18)32-26(34)23(35-27(32)31-21)12-16-3-4-17-9-10-30-15-19(17)11-16/h3-12,15,25H,13-14H2,1-2H3. The molecule has 174 valence electrons. The average molecular weight is 500 g/mol. The van der Waals surface area contributed by atoms with E-state index in [2.05, 4.69) is 18.8 Å². The van der Waals surface area contributed by atoms with E-state index in [1.54, 1.807) is 22.9 Å². The summed E-state index contributed by atoms with van der Waals surface area (Å²) in [4.78, 5) is 36.8. The maximum atomic E-state index is 13.8. The lowest BCUT2D eigenvalue weighted by Crippen LogP contribution is -2.42. The number of thiazole rings is 1. The molecule has 1 aliphatic carbocycles. The normalized spacial score (nSPS) is 19.5. The van der Waals surface area contributed by atoms with Gasteiger partial charge in [0.15, 0.2) is 10.6 Å². The number of hydrogen-bond donors (Lipinski definition) is 0. The van der Waals surface area contributed by atoms with Gasteiger partial charge in [-0.15, -0.1) is 0 Å². The number of nitrogens with zero attached hydrogens (tertiary/aromatic N) is 3. The van der Waals surface area contributed by atoms with Crippen molar-refractivity contribution in [3.8, 4) is 0 Å². The molecular weight excluding hydrogens is 478 g/mol. The van der Waals surface area contributed by atoms with E-state index in [1.807, 2.05) is 48.7 Å². The van der Waals surface area contributed by atoms with E-state index < -0.39 is 6.04 Å². The van der Waals surface area contributed by atoms with Gasteiger partial charge in [-0.05, 0) is 58.7 Å². The van der Waals surface area contributed by atoms with E-state index in [9.17, 15) is 9.59 Å². The third-order valence-electron chi connectivity index (χ3n) is 6.64. The largest absolute Gasteiger partial charge is 0.294 e. The number of aromatic nitrogens is 2. The van der Waals surface area contributed by atoms with Crippen molar-refractivity contribution in [3.05, 3.63) is 108 Å². The average Bonchev–Trinajstić information content (AvgIpc) is 3.12. The molecule has 5 nitrogen and oxygen atoms in total. The number of pyridine rings is 1. The summed E-state index contributed by atoms with van der Waals surface area (Å²) >= 11 is 7.51. The lowest BCUT2D eigenvalue weighted by Gasteiger charge is -2.35. The van der Waals surface area contributed by atoms with Crippen molar-refractivity contribution in [1.82, 2.24) is 9.55 Å². The minimum atomic E-state index is -0.509.